The molecule has 0 saturated carbocycles. The van der Waals surface area contributed by atoms with Gasteiger partial charge in [-0.3, -0.25) is 4.79 Å². The third-order valence-electron chi connectivity index (χ3n) is 1.81. The van der Waals surface area contributed by atoms with Gasteiger partial charge in [0.15, 0.2) is 0 Å². The molecule has 4 nitrogen and oxygen atoms in total. The molecule has 0 saturated heterocycles. The molecule has 82 valence electrons. The van der Waals surface area contributed by atoms with Crippen LogP contribution in [0.3, 0.4) is 0 Å². The molecule has 15 heavy (non-hydrogen) atoms. The van der Waals surface area contributed by atoms with E-state index in [2.05, 4.69) is 9.72 Å². The molecule has 1 atom stereocenters. The predicted molar refractivity (Wildman–Crippen MR) is 57.6 cm³/mol. The molecular formula is C10H13NO3S. The van der Waals surface area contributed by atoms with Crippen LogP contribution in [-0.4, -0.2) is 28.9 Å². The number of aromatic nitrogens is 1. The van der Waals surface area contributed by atoms with Crippen molar-refractivity contribution in [3.8, 4) is 0 Å². The summed E-state index contributed by atoms with van der Waals surface area (Å²) in [5, 5.41) is 10.1. The first-order valence-electron chi connectivity index (χ1n) is 4.47. The van der Waals surface area contributed by atoms with Crippen LogP contribution >= 0.6 is 11.8 Å². The average molecular weight is 227 g/mol. The van der Waals surface area contributed by atoms with Crippen molar-refractivity contribution in [3.63, 3.8) is 0 Å². The summed E-state index contributed by atoms with van der Waals surface area (Å²) in [6, 6.07) is 3.51. The second-order valence-corrected chi connectivity index (χ2v) is 3.96. The van der Waals surface area contributed by atoms with Crippen LogP contribution in [0, 0.1) is 0 Å². The molecule has 0 radical (unpaired) electrons. The third-order valence-corrected chi connectivity index (χ3v) is 2.71. The van der Waals surface area contributed by atoms with Gasteiger partial charge in [0.25, 0.3) is 0 Å². The fourth-order valence-electron chi connectivity index (χ4n) is 0.955. The van der Waals surface area contributed by atoms with Crippen molar-refractivity contribution in [3.05, 3.63) is 23.9 Å². The van der Waals surface area contributed by atoms with E-state index in [0.29, 0.717) is 5.03 Å². The van der Waals surface area contributed by atoms with E-state index in [9.17, 15) is 9.90 Å². The molecule has 5 heteroatoms. The lowest BCUT2D eigenvalue weighted by atomic mass is 10.2. The van der Waals surface area contributed by atoms with Gasteiger partial charge in [-0.05, 0) is 24.6 Å². The SMILES string of the molecule is COC(=O)CSc1cc([C@H](C)O)ccn1. The van der Waals surface area contributed by atoms with Crippen molar-refractivity contribution in [1.29, 1.82) is 0 Å². The quantitative estimate of drug-likeness (QED) is 0.622. The first kappa shape index (κ1) is 12.0. The normalized spacial score (nSPS) is 12.2. The zero-order valence-corrected chi connectivity index (χ0v) is 9.45. The highest BCUT2D eigenvalue weighted by Crippen LogP contribution is 2.19. The Labute approximate surface area is 92.7 Å². The molecule has 0 fully saturated rings. The smallest absolute Gasteiger partial charge is 0.316 e. The first-order valence-corrected chi connectivity index (χ1v) is 5.45. The van der Waals surface area contributed by atoms with Gasteiger partial charge in [0, 0.05) is 6.20 Å². The van der Waals surface area contributed by atoms with Crippen molar-refractivity contribution in [2.24, 2.45) is 0 Å². The maximum Gasteiger partial charge on any atom is 0.316 e. The molecule has 0 aliphatic carbocycles. The highest BCUT2D eigenvalue weighted by molar-refractivity contribution is 7.99. The van der Waals surface area contributed by atoms with Crippen LogP contribution in [0.25, 0.3) is 0 Å². The molecule has 1 N–H and O–H groups in total. The van der Waals surface area contributed by atoms with E-state index in [0.717, 1.165) is 5.56 Å². The summed E-state index contributed by atoms with van der Waals surface area (Å²) < 4.78 is 4.51. The fraction of sp³-hybridized carbons (Fsp3) is 0.400. The minimum Gasteiger partial charge on any atom is -0.468 e. The van der Waals surface area contributed by atoms with E-state index in [4.69, 9.17) is 0 Å². The maximum atomic E-state index is 10.9. The van der Waals surface area contributed by atoms with E-state index < -0.39 is 6.10 Å². The number of aliphatic hydroxyl groups excluding tert-OH is 1. The number of pyridine rings is 1. The van der Waals surface area contributed by atoms with Gasteiger partial charge in [-0.25, -0.2) is 4.98 Å². The number of rotatable bonds is 4. The first-order chi connectivity index (χ1) is 7.13. The average Bonchev–Trinajstić information content (AvgIpc) is 2.26. The van der Waals surface area contributed by atoms with Gasteiger partial charge in [0.2, 0.25) is 0 Å². The van der Waals surface area contributed by atoms with E-state index >= 15 is 0 Å². The maximum absolute atomic E-state index is 10.9. The Morgan fingerprint density at radius 3 is 3.07 bits per heavy atom. The van der Waals surface area contributed by atoms with Crippen molar-refractivity contribution in [1.82, 2.24) is 4.98 Å². The summed E-state index contributed by atoms with van der Waals surface area (Å²) >= 11 is 1.29. The van der Waals surface area contributed by atoms with Gasteiger partial charge < -0.3 is 9.84 Å². The van der Waals surface area contributed by atoms with Crippen LogP contribution in [-0.2, 0) is 9.53 Å². The molecule has 1 rings (SSSR count). The summed E-state index contributed by atoms with van der Waals surface area (Å²) in [5.41, 5.74) is 0.789. The minimum atomic E-state index is -0.523. The Bertz CT molecular complexity index is 341. The van der Waals surface area contributed by atoms with Crippen molar-refractivity contribution >= 4 is 17.7 Å². The Hall–Kier alpha value is -1.07. The Morgan fingerprint density at radius 1 is 1.73 bits per heavy atom. The lowest BCUT2D eigenvalue weighted by molar-refractivity contribution is -0.137. The molecular weight excluding hydrogens is 214 g/mol. The van der Waals surface area contributed by atoms with Gasteiger partial charge >= 0.3 is 5.97 Å². The molecule has 0 amide bonds. The van der Waals surface area contributed by atoms with Crippen LogP contribution in [0.1, 0.15) is 18.6 Å². The summed E-state index contributed by atoms with van der Waals surface area (Å²) in [6.07, 6.45) is 1.09. The molecule has 0 spiro atoms. The van der Waals surface area contributed by atoms with Crippen molar-refractivity contribution in [2.75, 3.05) is 12.9 Å². The number of esters is 1. The highest BCUT2D eigenvalue weighted by Gasteiger charge is 2.05. The number of hydrogen-bond acceptors (Lipinski definition) is 5. The van der Waals surface area contributed by atoms with E-state index in [1.165, 1.54) is 18.9 Å². The number of aliphatic hydroxyl groups is 1. The van der Waals surface area contributed by atoms with Gasteiger partial charge in [-0.15, -0.1) is 0 Å². The number of thioether (sulfide) groups is 1. The molecule has 0 aromatic carbocycles. The van der Waals surface area contributed by atoms with Crippen LogP contribution in [0.4, 0.5) is 0 Å². The third kappa shape index (κ3) is 3.89. The highest BCUT2D eigenvalue weighted by atomic mass is 32.2. The molecule has 0 bridgehead atoms. The molecule has 0 unspecified atom stereocenters. The van der Waals surface area contributed by atoms with Gasteiger partial charge in [0.05, 0.1) is 24.0 Å². The topological polar surface area (TPSA) is 59.4 Å². The number of carbonyl (C=O) groups excluding carboxylic acids is 1. The lowest BCUT2D eigenvalue weighted by Crippen LogP contribution is -2.03. The molecule has 0 aliphatic rings. The van der Waals surface area contributed by atoms with Crippen molar-refractivity contribution in [2.45, 2.75) is 18.1 Å². The summed E-state index contributed by atoms with van der Waals surface area (Å²) in [6.45, 7) is 1.68. The number of methoxy groups -OCH3 is 1. The second-order valence-electron chi connectivity index (χ2n) is 2.97. The Kier molecular flexibility index (Phi) is 4.58. The predicted octanol–water partition coefficient (Wildman–Crippen LogP) is 1.40. The molecule has 0 aliphatic heterocycles. The lowest BCUT2D eigenvalue weighted by Gasteiger charge is -2.05. The second kappa shape index (κ2) is 5.72. The summed E-state index contributed by atoms with van der Waals surface area (Å²) in [5.74, 6) is -0.0588. The van der Waals surface area contributed by atoms with Crippen LogP contribution in [0.5, 0.6) is 0 Å². The van der Waals surface area contributed by atoms with Gasteiger partial charge in [-0.1, -0.05) is 11.8 Å². The standard InChI is InChI=1S/C10H13NO3S/c1-7(12)8-3-4-11-9(5-8)15-6-10(13)14-2/h3-5,7,12H,6H2,1-2H3/t7-/m0/s1. The number of hydrogen-bond donors (Lipinski definition) is 1. The van der Waals surface area contributed by atoms with Gasteiger partial charge in [-0.2, -0.15) is 0 Å². The fourth-order valence-corrected chi connectivity index (χ4v) is 1.69. The molecule has 1 heterocycles. The molecule has 1 aromatic heterocycles. The van der Waals surface area contributed by atoms with Crippen LogP contribution in [0.15, 0.2) is 23.4 Å². The van der Waals surface area contributed by atoms with Gasteiger partial charge in [0.1, 0.15) is 0 Å². The van der Waals surface area contributed by atoms with Crippen molar-refractivity contribution < 1.29 is 14.6 Å². The zero-order valence-electron chi connectivity index (χ0n) is 8.64. The largest absolute Gasteiger partial charge is 0.468 e. The van der Waals surface area contributed by atoms with E-state index in [-0.39, 0.29) is 11.7 Å². The van der Waals surface area contributed by atoms with E-state index in [1.807, 2.05) is 0 Å². The van der Waals surface area contributed by atoms with E-state index in [1.54, 1.807) is 25.3 Å². The number of ether oxygens (including phenoxy) is 1. The monoisotopic (exact) mass is 227 g/mol. The van der Waals surface area contributed by atoms with Crippen LogP contribution in [0.2, 0.25) is 0 Å². The minimum absolute atomic E-state index is 0.229. The number of nitrogens with zero attached hydrogens (tertiary/aromatic N) is 1. The Balaban J connectivity index is 2.61. The van der Waals surface area contributed by atoms with Crippen LogP contribution < -0.4 is 0 Å². The summed E-state index contributed by atoms with van der Waals surface area (Å²) in [4.78, 5) is 15.0. The molecule has 1 aromatic rings. The Morgan fingerprint density at radius 2 is 2.47 bits per heavy atom. The zero-order chi connectivity index (χ0) is 11.3. The summed E-state index contributed by atoms with van der Waals surface area (Å²) in [7, 11) is 1.35. The number of carbonyl (C=O) groups is 1.